The quantitative estimate of drug-likeness (QED) is 0.759. The highest BCUT2D eigenvalue weighted by Gasteiger charge is 2.53. The molecule has 4 bridgehead atoms. The fourth-order valence-corrected chi connectivity index (χ4v) is 7.04. The van der Waals surface area contributed by atoms with Gasteiger partial charge in [0, 0.05) is 6.04 Å². The summed E-state index contributed by atoms with van der Waals surface area (Å²) in [5, 5.41) is 0. The van der Waals surface area contributed by atoms with E-state index < -0.39 is 10.0 Å². The van der Waals surface area contributed by atoms with Gasteiger partial charge in [0.1, 0.15) is 5.75 Å². The third-order valence-electron chi connectivity index (χ3n) is 5.69. The van der Waals surface area contributed by atoms with Crippen LogP contribution in [0.4, 0.5) is 0 Å². The summed E-state index contributed by atoms with van der Waals surface area (Å²) < 4.78 is 27.0. The van der Waals surface area contributed by atoms with Gasteiger partial charge in [0.2, 0.25) is 10.0 Å². The molecule has 0 radical (unpaired) electrons. The summed E-state index contributed by atoms with van der Waals surface area (Å²) in [4.78, 5) is 0.0372. The molecule has 114 valence electrons. The molecular weight excluding hydrogens is 292 g/mol. The van der Waals surface area contributed by atoms with Crippen molar-refractivity contribution < 1.29 is 8.42 Å². The molecule has 0 aromatic heterocycles. The topological polar surface area (TPSA) is 72.2 Å². The summed E-state index contributed by atoms with van der Waals surface area (Å²) in [6.45, 7) is 2.03. The molecule has 3 N–H and O–H groups in total. The van der Waals surface area contributed by atoms with Gasteiger partial charge in [-0.3, -0.25) is 0 Å². The molecule has 0 aliphatic heterocycles. The summed E-state index contributed by atoms with van der Waals surface area (Å²) in [6, 6.07) is -0.00440. The Morgan fingerprint density at radius 3 is 2.10 bits per heavy atom. The van der Waals surface area contributed by atoms with Gasteiger partial charge in [0.25, 0.3) is 0 Å². The molecule has 0 spiro atoms. The van der Waals surface area contributed by atoms with E-state index in [-0.39, 0.29) is 22.2 Å². The van der Waals surface area contributed by atoms with Crippen LogP contribution in [-0.2, 0) is 10.0 Å². The predicted molar refractivity (Wildman–Crippen MR) is 83.8 cm³/mol. The van der Waals surface area contributed by atoms with Crippen LogP contribution in [0.15, 0.2) is 0 Å². The zero-order valence-electron chi connectivity index (χ0n) is 12.0. The average Bonchev–Trinajstić information content (AvgIpc) is 2.23. The lowest BCUT2D eigenvalue weighted by atomic mass is 9.48. The van der Waals surface area contributed by atoms with Crippen LogP contribution in [-0.4, -0.2) is 25.2 Å². The lowest BCUT2D eigenvalue weighted by molar-refractivity contribution is -0.0665. The zero-order valence-corrected chi connectivity index (χ0v) is 13.6. The molecule has 4 fully saturated rings. The molecule has 0 aromatic rings. The van der Waals surface area contributed by atoms with E-state index in [1.807, 2.05) is 6.92 Å². The number of rotatable bonds is 5. The van der Waals surface area contributed by atoms with Crippen molar-refractivity contribution in [3.05, 3.63) is 0 Å². The van der Waals surface area contributed by atoms with E-state index in [9.17, 15) is 8.42 Å². The van der Waals surface area contributed by atoms with Gasteiger partial charge in [-0.2, -0.15) is 0 Å². The molecule has 4 aliphatic carbocycles. The van der Waals surface area contributed by atoms with Crippen molar-refractivity contribution in [3.8, 4) is 0 Å². The predicted octanol–water partition coefficient (Wildman–Crippen LogP) is 1.80. The van der Waals surface area contributed by atoms with Gasteiger partial charge >= 0.3 is 0 Å². The second kappa shape index (κ2) is 4.92. The molecule has 0 amide bonds. The number of hydrogen-bond donors (Lipinski definition) is 2. The first kappa shape index (κ1) is 14.7. The van der Waals surface area contributed by atoms with Crippen LogP contribution in [0, 0.1) is 23.2 Å². The fourth-order valence-electron chi connectivity index (χ4n) is 5.33. The van der Waals surface area contributed by atoms with Gasteiger partial charge < -0.3 is 5.73 Å². The van der Waals surface area contributed by atoms with Crippen molar-refractivity contribution in [3.63, 3.8) is 0 Å². The average molecular weight is 316 g/mol. The molecule has 0 aromatic carbocycles. The Morgan fingerprint density at radius 2 is 1.70 bits per heavy atom. The zero-order chi connectivity index (χ0) is 14.5. The van der Waals surface area contributed by atoms with Crippen molar-refractivity contribution in [1.29, 1.82) is 0 Å². The number of sulfonamides is 1. The molecule has 0 heterocycles. The van der Waals surface area contributed by atoms with E-state index in [1.165, 1.54) is 38.5 Å². The van der Waals surface area contributed by atoms with Crippen LogP contribution >= 0.6 is 12.2 Å². The van der Waals surface area contributed by atoms with E-state index >= 15 is 0 Å². The van der Waals surface area contributed by atoms with E-state index in [2.05, 4.69) is 4.72 Å². The number of nitrogens with two attached hydrogens (primary N) is 1. The molecule has 4 nitrogen and oxygen atoms in total. The van der Waals surface area contributed by atoms with Gasteiger partial charge in [-0.25, -0.2) is 13.1 Å². The normalized spacial score (nSPS) is 40.8. The Hall–Kier alpha value is -0.200. The summed E-state index contributed by atoms with van der Waals surface area (Å²) in [6.07, 6.45) is 7.67. The maximum absolute atomic E-state index is 12.1. The molecule has 4 saturated carbocycles. The number of nitrogens with one attached hydrogen (secondary N) is 1. The highest BCUT2D eigenvalue weighted by molar-refractivity contribution is 7.92. The molecule has 4 aliphatic rings. The minimum absolute atomic E-state index is 0.00440. The van der Waals surface area contributed by atoms with E-state index in [0.29, 0.717) is 0 Å². The van der Waals surface area contributed by atoms with Gasteiger partial charge in [0.05, 0.1) is 4.99 Å². The Kier molecular flexibility index (Phi) is 3.62. The summed E-state index contributed by atoms with van der Waals surface area (Å²) in [5.41, 5.74) is 5.55. The van der Waals surface area contributed by atoms with Crippen LogP contribution in [0.25, 0.3) is 0 Å². The molecule has 4 rings (SSSR count). The van der Waals surface area contributed by atoms with Crippen molar-refractivity contribution in [1.82, 2.24) is 4.72 Å². The SMILES string of the molecule is CC(NS(=O)(=O)CC(N)=S)C12CC3CC(CC(C3)C1)C2. The van der Waals surface area contributed by atoms with Crippen molar-refractivity contribution in [2.24, 2.45) is 28.9 Å². The smallest absolute Gasteiger partial charge is 0.218 e. The van der Waals surface area contributed by atoms with Crippen molar-refractivity contribution in [2.45, 2.75) is 51.5 Å². The van der Waals surface area contributed by atoms with Gasteiger partial charge in [-0.05, 0) is 68.6 Å². The molecule has 1 atom stereocenters. The van der Waals surface area contributed by atoms with Crippen LogP contribution in [0.3, 0.4) is 0 Å². The van der Waals surface area contributed by atoms with Gasteiger partial charge in [-0.1, -0.05) is 12.2 Å². The lowest BCUT2D eigenvalue weighted by Gasteiger charge is -2.59. The van der Waals surface area contributed by atoms with E-state index in [4.69, 9.17) is 18.0 Å². The van der Waals surface area contributed by atoms with Gasteiger partial charge in [0.15, 0.2) is 0 Å². The third-order valence-corrected chi connectivity index (χ3v) is 7.42. The first-order valence-electron chi connectivity index (χ1n) is 7.56. The lowest BCUT2D eigenvalue weighted by Crippen LogP contribution is -2.56. The Labute approximate surface area is 126 Å². The van der Waals surface area contributed by atoms with Crippen LogP contribution in [0.5, 0.6) is 0 Å². The highest BCUT2D eigenvalue weighted by Crippen LogP contribution is 2.61. The Morgan fingerprint density at radius 1 is 1.25 bits per heavy atom. The first-order chi connectivity index (χ1) is 9.28. The largest absolute Gasteiger partial charge is 0.392 e. The summed E-state index contributed by atoms with van der Waals surface area (Å²) in [7, 11) is -3.39. The minimum Gasteiger partial charge on any atom is -0.392 e. The minimum atomic E-state index is -3.39. The van der Waals surface area contributed by atoms with Crippen molar-refractivity contribution in [2.75, 3.05) is 5.75 Å². The van der Waals surface area contributed by atoms with Crippen LogP contribution in [0.2, 0.25) is 0 Å². The van der Waals surface area contributed by atoms with Crippen LogP contribution in [0.1, 0.15) is 45.4 Å². The Balaban J connectivity index is 1.74. The molecule has 0 saturated heterocycles. The van der Waals surface area contributed by atoms with Gasteiger partial charge in [-0.15, -0.1) is 0 Å². The molecule has 20 heavy (non-hydrogen) atoms. The van der Waals surface area contributed by atoms with Crippen LogP contribution < -0.4 is 10.5 Å². The second-order valence-electron chi connectivity index (χ2n) is 7.34. The highest BCUT2D eigenvalue weighted by atomic mass is 32.2. The molecule has 1 unspecified atom stereocenters. The summed E-state index contributed by atoms with van der Waals surface area (Å²) >= 11 is 4.72. The van der Waals surface area contributed by atoms with E-state index in [1.54, 1.807) is 0 Å². The molecular formula is C14H24N2O2S2. The first-order valence-corrected chi connectivity index (χ1v) is 9.62. The second-order valence-corrected chi connectivity index (χ2v) is 9.62. The Bertz CT molecular complexity index is 480. The fraction of sp³-hybridized carbons (Fsp3) is 0.929. The third kappa shape index (κ3) is 2.74. The molecule has 6 heteroatoms. The maximum Gasteiger partial charge on any atom is 0.218 e. The maximum atomic E-state index is 12.1. The standard InChI is InChI=1S/C14H24N2O2S2/c1-9(16-20(17,18)8-13(15)19)14-5-10-2-11(6-14)4-12(3-10)7-14/h9-12,16H,2-8H2,1H3,(H2,15,19). The number of hydrogen-bond acceptors (Lipinski definition) is 3. The van der Waals surface area contributed by atoms with E-state index in [0.717, 1.165) is 17.8 Å². The van der Waals surface area contributed by atoms with Crippen molar-refractivity contribution >= 4 is 27.2 Å². The monoisotopic (exact) mass is 316 g/mol. The number of thiocarbonyl (C=S) groups is 1. The summed E-state index contributed by atoms with van der Waals surface area (Å²) in [5.74, 6) is 2.23.